The molecule has 2 nitrogen and oxygen atoms in total. The molecule has 0 aliphatic heterocycles. The lowest BCUT2D eigenvalue weighted by Crippen LogP contribution is -2.42. The molecule has 3 heteroatoms. The van der Waals surface area contributed by atoms with Gasteiger partial charge in [0.05, 0.1) is 0 Å². The van der Waals surface area contributed by atoms with Crippen molar-refractivity contribution in [2.75, 3.05) is 13.2 Å². The van der Waals surface area contributed by atoms with Gasteiger partial charge < -0.3 is 8.85 Å². The summed E-state index contributed by atoms with van der Waals surface area (Å²) in [6, 6.07) is 2.42. The molecule has 0 atom stereocenters. The zero-order valence-electron chi connectivity index (χ0n) is 21.6. The van der Waals surface area contributed by atoms with E-state index in [-0.39, 0.29) is 0 Å². The molecule has 0 N–H and O–H groups in total. The minimum atomic E-state index is -1.97. The topological polar surface area (TPSA) is 18.5 Å². The first-order valence-corrected chi connectivity index (χ1v) is 16.3. The van der Waals surface area contributed by atoms with E-state index in [9.17, 15) is 0 Å². The second kappa shape index (κ2) is 23.8. The molecule has 0 rings (SSSR count). The Morgan fingerprint density at radius 3 is 0.900 bits per heavy atom. The van der Waals surface area contributed by atoms with Gasteiger partial charge in [0.15, 0.2) is 0 Å². The number of hydrogen-bond donors (Lipinski definition) is 0. The summed E-state index contributed by atoms with van der Waals surface area (Å²) >= 11 is 0. The highest BCUT2D eigenvalue weighted by Crippen LogP contribution is 2.26. The van der Waals surface area contributed by atoms with Gasteiger partial charge in [0, 0.05) is 13.2 Å². The average Bonchev–Trinajstić information content (AvgIpc) is 2.74. The zero-order chi connectivity index (χ0) is 22.2. The maximum Gasteiger partial charge on any atom is 0.338 e. The molecule has 0 bridgehead atoms. The highest BCUT2D eigenvalue weighted by Gasteiger charge is 2.35. The van der Waals surface area contributed by atoms with Gasteiger partial charge in [-0.1, -0.05) is 136 Å². The van der Waals surface area contributed by atoms with Crippen molar-refractivity contribution in [3.8, 4) is 0 Å². The lowest BCUT2D eigenvalue weighted by atomic mass is 10.1. The molecule has 0 aliphatic rings. The third-order valence-corrected chi connectivity index (χ3v) is 10.2. The molecule has 0 aliphatic carbocycles. The maximum atomic E-state index is 6.34. The molecule has 0 fully saturated rings. The minimum Gasteiger partial charge on any atom is -0.394 e. The Bertz CT molecular complexity index is 316. The predicted molar refractivity (Wildman–Crippen MR) is 138 cm³/mol. The summed E-state index contributed by atoms with van der Waals surface area (Å²) in [5.74, 6) is 0. The minimum absolute atomic E-state index is 0.821. The quantitative estimate of drug-likeness (QED) is 0.103. The Balaban J connectivity index is 3.93. The van der Waals surface area contributed by atoms with Crippen molar-refractivity contribution in [2.24, 2.45) is 0 Å². The van der Waals surface area contributed by atoms with Gasteiger partial charge in [-0.2, -0.15) is 0 Å². The first-order valence-electron chi connectivity index (χ1n) is 14.0. The summed E-state index contributed by atoms with van der Waals surface area (Å²) in [6.07, 6.45) is 26.5. The molecule has 0 saturated carbocycles. The lowest BCUT2D eigenvalue weighted by Gasteiger charge is -2.30. The average molecular weight is 443 g/mol. The number of hydrogen-bond acceptors (Lipinski definition) is 2. The van der Waals surface area contributed by atoms with Gasteiger partial charge in [0.1, 0.15) is 0 Å². The van der Waals surface area contributed by atoms with Gasteiger partial charge >= 0.3 is 8.56 Å². The molecular formula is C27H58O2Si. The van der Waals surface area contributed by atoms with Crippen LogP contribution in [0, 0.1) is 0 Å². The highest BCUT2D eigenvalue weighted by atomic mass is 28.4. The van der Waals surface area contributed by atoms with E-state index < -0.39 is 8.56 Å². The fraction of sp³-hybridized carbons (Fsp3) is 1.00. The Labute approximate surface area is 192 Å². The molecule has 0 aromatic carbocycles. The van der Waals surface area contributed by atoms with Crippen LogP contribution in [0.3, 0.4) is 0 Å². The maximum absolute atomic E-state index is 6.34. The molecule has 0 saturated heterocycles. The molecule has 0 aromatic rings. The van der Waals surface area contributed by atoms with Crippen LogP contribution in [0.25, 0.3) is 0 Å². The normalized spacial score (nSPS) is 12.0. The van der Waals surface area contributed by atoms with Crippen molar-refractivity contribution in [1.82, 2.24) is 0 Å². The zero-order valence-corrected chi connectivity index (χ0v) is 22.6. The Morgan fingerprint density at radius 1 is 0.367 bits per heavy atom. The summed E-state index contributed by atoms with van der Waals surface area (Å²) in [4.78, 5) is 0. The third-order valence-electron chi connectivity index (χ3n) is 6.39. The first kappa shape index (κ1) is 30.1. The Morgan fingerprint density at radius 2 is 0.633 bits per heavy atom. The van der Waals surface area contributed by atoms with Crippen molar-refractivity contribution >= 4 is 8.56 Å². The number of rotatable bonds is 25. The standard InChI is InChI=1S/C27H58O2Si/c1-5-9-11-13-15-17-19-21-23-25-27-30(28-7-3,29-8-4)26-24-22-20-18-16-14-12-10-6-2/h5-27H2,1-4H3. The summed E-state index contributed by atoms with van der Waals surface area (Å²) in [7, 11) is -1.97. The summed E-state index contributed by atoms with van der Waals surface area (Å²) in [5, 5.41) is 0. The van der Waals surface area contributed by atoms with E-state index in [2.05, 4.69) is 27.7 Å². The van der Waals surface area contributed by atoms with Crippen molar-refractivity contribution in [3.05, 3.63) is 0 Å². The summed E-state index contributed by atoms with van der Waals surface area (Å²) in [6.45, 7) is 10.5. The molecule has 0 amide bonds. The van der Waals surface area contributed by atoms with E-state index in [4.69, 9.17) is 8.85 Å². The summed E-state index contributed by atoms with van der Waals surface area (Å²) < 4.78 is 12.7. The predicted octanol–water partition coefficient (Wildman–Crippen LogP) is 9.95. The SMILES string of the molecule is CCCCCCCCCCCC[Si](CCCCCCCCCCC)(OCC)OCC. The molecule has 0 radical (unpaired) electrons. The van der Waals surface area contributed by atoms with Crippen LogP contribution >= 0.6 is 0 Å². The molecule has 0 aromatic heterocycles. The van der Waals surface area contributed by atoms with E-state index in [1.165, 1.54) is 134 Å². The molecule has 0 heterocycles. The molecular weight excluding hydrogens is 384 g/mol. The van der Waals surface area contributed by atoms with Crippen molar-refractivity contribution in [1.29, 1.82) is 0 Å². The molecule has 30 heavy (non-hydrogen) atoms. The van der Waals surface area contributed by atoms with E-state index in [0.29, 0.717) is 0 Å². The van der Waals surface area contributed by atoms with Gasteiger partial charge in [0.25, 0.3) is 0 Å². The van der Waals surface area contributed by atoms with E-state index in [0.717, 1.165) is 13.2 Å². The van der Waals surface area contributed by atoms with Crippen LogP contribution < -0.4 is 0 Å². The van der Waals surface area contributed by atoms with Crippen LogP contribution in [-0.2, 0) is 8.85 Å². The van der Waals surface area contributed by atoms with Gasteiger partial charge in [-0.25, -0.2) is 0 Å². The van der Waals surface area contributed by atoms with Gasteiger partial charge in [-0.15, -0.1) is 0 Å². The fourth-order valence-corrected chi connectivity index (χ4v) is 8.11. The molecule has 182 valence electrons. The summed E-state index contributed by atoms with van der Waals surface area (Å²) in [5.41, 5.74) is 0. The fourth-order valence-electron chi connectivity index (χ4n) is 4.57. The third kappa shape index (κ3) is 18.9. The Hall–Kier alpha value is 0.137. The van der Waals surface area contributed by atoms with Crippen molar-refractivity contribution < 1.29 is 8.85 Å². The van der Waals surface area contributed by atoms with Crippen LogP contribution in [0.5, 0.6) is 0 Å². The van der Waals surface area contributed by atoms with Crippen LogP contribution in [0.1, 0.15) is 150 Å². The molecule has 0 unspecified atom stereocenters. The number of unbranched alkanes of at least 4 members (excludes halogenated alkanes) is 17. The first-order chi connectivity index (χ1) is 14.7. The monoisotopic (exact) mass is 442 g/mol. The van der Waals surface area contributed by atoms with Gasteiger partial charge in [-0.3, -0.25) is 0 Å². The Kier molecular flexibility index (Phi) is 23.9. The smallest absolute Gasteiger partial charge is 0.338 e. The largest absolute Gasteiger partial charge is 0.394 e. The van der Waals surface area contributed by atoms with E-state index >= 15 is 0 Å². The molecule has 0 spiro atoms. The van der Waals surface area contributed by atoms with Crippen LogP contribution in [0.4, 0.5) is 0 Å². The second-order valence-corrected chi connectivity index (χ2v) is 12.7. The van der Waals surface area contributed by atoms with Crippen LogP contribution in [-0.4, -0.2) is 21.8 Å². The highest BCUT2D eigenvalue weighted by molar-refractivity contribution is 6.67. The van der Waals surface area contributed by atoms with Crippen molar-refractivity contribution in [3.63, 3.8) is 0 Å². The van der Waals surface area contributed by atoms with Gasteiger partial charge in [0.2, 0.25) is 0 Å². The second-order valence-electron chi connectivity index (χ2n) is 9.29. The van der Waals surface area contributed by atoms with E-state index in [1.54, 1.807) is 0 Å². The van der Waals surface area contributed by atoms with Crippen molar-refractivity contribution in [2.45, 2.75) is 162 Å². The van der Waals surface area contributed by atoms with Crippen LogP contribution in [0.2, 0.25) is 12.1 Å². The van der Waals surface area contributed by atoms with Crippen LogP contribution in [0.15, 0.2) is 0 Å². The van der Waals surface area contributed by atoms with E-state index in [1.807, 2.05) is 0 Å². The lowest BCUT2D eigenvalue weighted by molar-refractivity contribution is 0.180. The van der Waals surface area contributed by atoms with Gasteiger partial charge in [-0.05, 0) is 25.9 Å².